The van der Waals surface area contributed by atoms with Crippen LogP contribution in [0.25, 0.3) is 0 Å². The number of ether oxygens (including phenoxy) is 1. The molecule has 4 fully saturated rings. The Hall–Kier alpha value is -4.93. The molecule has 21 heteroatoms. The zero-order valence-electron chi connectivity index (χ0n) is 38.8. The van der Waals surface area contributed by atoms with Gasteiger partial charge in [-0.25, -0.2) is 12.7 Å². The summed E-state index contributed by atoms with van der Waals surface area (Å²) in [6.07, 6.45) is 7.28. The molecule has 370 valence electrons. The fraction of sp³-hybridized carbons (Fsp3) is 0.596. The number of piperidine rings is 1. The van der Waals surface area contributed by atoms with Crippen LogP contribution in [0.15, 0.2) is 48.5 Å². The van der Waals surface area contributed by atoms with Crippen molar-refractivity contribution in [3.8, 4) is 0 Å². The first-order valence-corrected chi connectivity index (χ1v) is 26.7. The van der Waals surface area contributed by atoms with Crippen LogP contribution in [0.2, 0.25) is 0 Å². The van der Waals surface area contributed by atoms with Gasteiger partial charge in [-0.3, -0.25) is 49.1 Å². The number of carbonyl (C=O) groups excluding carboxylic acids is 7. The van der Waals surface area contributed by atoms with E-state index in [1.165, 1.54) is 10.6 Å². The number of benzene rings is 2. The molecule has 1 aliphatic carbocycles. The van der Waals surface area contributed by atoms with Crippen molar-refractivity contribution in [2.45, 2.75) is 87.8 Å². The molecule has 6 atom stereocenters. The summed E-state index contributed by atoms with van der Waals surface area (Å²) >= 11 is 1.57. The van der Waals surface area contributed by atoms with E-state index in [0.717, 1.165) is 48.3 Å². The van der Waals surface area contributed by atoms with Gasteiger partial charge in [0.15, 0.2) is 0 Å². The number of fused-ring (bicyclic) bond motifs is 1. The summed E-state index contributed by atoms with van der Waals surface area (Å²) < 4.78 is 32.6. The monoisotopic (exact) mass is 979 g/mol. The van der Waals surface area contributed by atoms with Gasteiger partial charge in [0.1, 0.15) is 17.6 Å². The number of amides is 7. The van der Waals surface area contributed by atoms with Crippen LogP contribution in [0.4, 0.5) is 5.69 Å². The molecule has 68 heavy (non-hydrogen) atoms. The van der Waals surface area contributed by atoms with Crippen molar-refractivity contribution in [3.05, 3.63) is 65.2 Å². The van der Waals surface area contributed by atoms with Gasteiger partial charge in [0, 0.05) is 82.8 Å². The van der Waals surface area contributed by atoms with Gasteiger partial charge in [-0.2, -0.15) is 0 Å². The number of anilines is 1. The lowest BCUT2D eigenvalue weighted by molar-refractivity contribution is -0.136. The third-order valence-corrected chi connectivity index (χ3v) is 16.0. The van der Waals surface area contributed by atoms with E-state index in [2.05, 4.69) is 31.9 Å². The molecule has 2 aromatic rings. The van der Waals surface area contributed by atoms with E-state index in [0.29, 0.717) is 44.8 Å². The molecular weight excluding hydrogens is 915 g/mol. The average molecular weight is 980 g/mol. The van der Waals surface area contributed by atoms with Gasteiger partial charge >= 0.3 is 0 Å². The fourth-order valence-electron chi connectivity index (χ4n) is 9.86. The Bertz CT molecular complexity index is 2280. The summed E-state index contributed by atoms with van der Waals surface area (Å²) in [5.74, 6) is -2.78. The van der Waals surface area contributed by atoms with Crippen LogP contribution in [0.5, 0.6) is 0 Å². The van der Waals surface area contributed by atoms with Crippen LogP contribution in [0.3, 0.4) is 0 Å². The third-order valence-electron chi connectivity index (χ3n) is 13.6. The molecule has 5 aliphatic rings. The summed E-state index contributed by atoms with van der Waals surface area (Å²) in [5, 5.41) is 17.9. The quantitative estimate of drug-likeness (QED) is 0.0729. The molecule has 5 unspecified atom stereocenters. The number of imide groups is 2. The van der Waals surface area contributed by atoms with E-state index >= 15 is 0 Å². The zero-order chi connectivity index (χ0) is 48.4. The van der Waals surface area contributed by atoms with Gasteiger partial charge in [0.05, 0.1) is 23.3 Å². The van der Waals surface area contributed by atoms with E-state index in [1.807, 2.05) is 42.3 Å². The first kappa shape index (κ1) is 50.9. The van der Waals surface area contributed by atoms with Crippen molar-refractivity contribution >= 4 is 68.8 Å². The van der Waals surface area contributed by atoms with Crippen LogP contribution in [-0.4, -0.2) is 153 Å². The highest BCUT2D eigenvalue weighted by Gasteiger charge is 2.47. The molecule has 0 aromatic heterocycles. The normalized spacial score (nSPS) is 23.9. The number of sulfonamides is 1. The van der Waals surface area contributed by atoms with Crippen molar-refractivity contribution in [2.24, 2.45) is 17.8 Å². The Morgan fingerprint density at radius 3 is 2.44 bits per heavy atom. The van der Waals surface area contributed by atoms with Gasteiger partial charge in [-0.15, -0.1) is 11.8 Å². The standard InChI is InChI=1S/C47H65N9O10S2/c1-54(23-21-48-35-16-9-15-32-41(35)46(63)56(45(32)62)38-18-19-40(58)52-44(38)61)24-22-49-39(57)17-10-25-66-26-20-36(43(60)53-47-51-37(29-67-47)31-13-7-4-8-14-31)50-42(59)34-28-55(68(2,64)65)27-33(34)30-11-5-3-6-12-30/h4,7-9,13-16,30,33-34,36-38,47-48,51H,3,5-6,10-12,17-29H2,1-2H3,(H,49,57)(H,50,59)(H,53,60)(H,52,58,61)/t33?,34?,36-,37?,38?,47?/m0/s1. The molecule has 0 bridgehead atoms. The molecule has 19 nitrogen and oxygen atoms in total. The summed E-state index contributed by atoms with van der Waals surface area (Å²) in [6, 6.07) is 13.0. The Morgan fingerprint density at radius 1 is 0.926 bits per heavy atom. The van der Waals surface area contributed by atoms with Gasteiger partial charge in [0.2, 0.25) is 39.6 Å². The zero-order valence-corrected chi connectivity index (χ0v) is 40.5. The SMILES string of the molecule is CN(CCNC(=O)CCCOCC[C@H](NC(=O)C1CN(S(C)(=O)=O)CC1C1CCCCC1)C(=O)NC1NC(c2ccccc2)CS1)CCNc1cccc2c1C(=O)N(C1CCC(=O)NC1=O)C2=O. The molecule has 4 aliphatic heterocycles. The van der Waals surface area contributed by atoms with E-state index < -0.39 is 51.7 Å². The minimum absolute atomic E-state index is 0.0399. The molecule has 7 rings (SSSR count). The predicted octanol–water partition coefficient (Wildman–Crippen LogP) is 1.78. The number of hydrogen-bond acceptors (Lipinski definition) is 14. The number of carbonyl (C=O) groups is 7. The highest BCUT2D eigenvalue weighted by atomic mass is 32.2. The highest BCUT2D eigenvalue weighted by molar-refractivity contribution is 8.00. The highest BCUT2D eigenvalue weighted by Crippen LogP contribution is 2.39. The second-order valence-electron chi connectivity index (χ2n) is 18.4. The summed E-state index contributed by atoms with van der Waals surface area (Å²) in [6.45, 7) is 2.72. The maximum Gasteiger partial charge on any atom is 0.264 e. The maximum atomic E-state index is 14.1. The smallest absolute Gasteiger partial charge is 0.264 e. The minimum Gasteiger partial charge on any atom is -0.383 e. The number of nitrogens with zero attached hydrogens (tertiary/aromatic N) is 3. The maximum absolute atomic E-state index is 14.1. The summed E-state index contributed by atoms with van der Waals surface area (Å²) in [4.78, 5) is 94.2. The summed E-state index contributed by atoms with van der Waals surface area (Å²) in [5.41, 5.74) is 1.60. The molecular formula is C47H65N9O10S2. The van der Waals surface area contributed by atoms with Crippen molar-refractivity contribution < 1.29 is 46.7 Å². The molecule has 2 aromatic carbocycles. The van der Waals surface area contributed by atoms with E-state index in [4.69, 9.17) is 4.74 Å². The van der Waals surface area contributed by atoms with Gasteiger partial charge < -0.3 is 30.9 Å². The minimum atomic E-state index is -3.51. The topological polar surface area (TPSA) is 245 Å². The lowest BCUT2D eigenvalue weighted by Gasteiger charge is -2.31. The second kappa shape index (κ2) is 23.6. The van der Waals surface area contributed by atoms with Gasteiger partial charge in [-0.1, -0.05) is 68.5 Å². The van der Waals surface area contributed by atoms with Crippen molar-refractivity contribution in [1.82, 2.24) is 40.7 Å². The number of thioether (sulfide) groups is 1. The van der Waals surface area contributed by atoms with E-state index in [1.54, 1.807) is 30.0 Å². The van der Waals surface area contributed by atoms with Crippen LogP contribution < -0.4 is 31.9 Å². The Kier molecular flexibility index (Phi) is 17.7. The van der Waals surface area contributed by atoms with Crippen LogP contribution in [0, 0.1) is 17.8 Å². The molecule has 0 radical (unpaired) electrons. The van der Waals surface area contributed by atoms with Crippen LogP contribution in [0.1, 0.15) is 96.5 Å². The second-order valence-corrected chi connectivity index (χ2v) is 21.5. The molecule has 1 saturated carbocycles. The fourth-order valence-corrected chi connectivity index (χ4v) is 11.9. The van der Waals surface area contributed by atoms with Crippen LogP contribution >= 0.6 is 11.8 Å². The number of hydrogen-bond donors (Lipinski definition) is 6. The first-order chi connectivity index (χ1) is 32.7. The first-order valence-electron chi connectivity index (χ1n) is 23.8. The van der Waals surface area contributed by atoms with E-state index in [9.17, 15) is 42.0 Å². The molecule has 6 N–H and O–H groups in total. The van der Waals surface area contributed by atoms with Crippen molar-refractivity contribution in [3.63, 3.8) is 0 Å². The molecule has 0 spiro atoms. The number of nitrogens with one attached hydrogen (secondary N) is 6. The summed E-state index contributed by atoms with van der Waals surface area (Å²) in [7, 11) is -1.62. The largest absolute Gasteiger partial charge is 0.383 e. The van der Waals surface area contributed by atoms with Crippen LogP contribution in [-0.2, 0) is 38.7 Å². The predicted molar refractivity (Wildman–Crippen MR) is 255 cm³/mol. The van der Waals surface area contributed by atoms with Gasteiger partial charge in [0.25, 0.3) is 11.8 Å². The number of rotatable bonds is 22. The lowest BCUT2D eigenvalue weighted by atomic mass is 9.75. The Morgan fingerprint density at radius 2 is 1.69 bits per heavy atom. The molecule has 3 saturated heterocycles. The Balaban J connectivity index is 0.831. The number of likely N-dealkylation sites (N-methyl/N-ethyl adjacent to an activating group) is 1. The average Bonchev–Trinajstić information content (AvgIpc) is 4.05. The molecule has 7 amide bonds. The molecule has 4 heterocycles. The van der Waals surface area contributed by atoms with E-state index in [-0.39, 0.29) is 97.7 Å². The lowest BCUT2D eigenvalue weighted by Crippen LogP contribution is -2.54. The van der Waals surface area contributed by atoms with Crippen molar-refractivity contribution in [1.29, 1.82) is 0 Å². The van der Waals surface area contributed by atoms with Crippen molar-refractivity contribution in [2.75, 3.05) is 76.9 Å². The third kappa shape index (κ3) is 13.0. The van der Waals surface area contributed by atoms with Gasteiger partial charge in [-0.05, 0) is 55.8 Å². The Labute approximate surface area is 402 Å².